The summed E-state index contributed by atoms with van der Waals surface area (Å²) in [6.45, 7) is 5.84. The van der Waals surface area contributed by atoms with Crippen LogP contribution in [0.1, 0.15) is 31.9 Å². The van der Waals surface area contributed by atoms with Gasteiger partial charge in [-0.25, -0.2) is 4.79 Å². The minimum absolute atomic E-state index is 0.388. The maximum atomic E-state index is 11.5. The monoisotopic (exact) mass is 358 g/mol. The molecule has 5 heteroatoms. The molecule has 0 atom stereocenters. The second-order valence-electron chi connectivity index (χ2n) is 4.77. The van der Waals surface area contributed by atoms with Gasteiger partial charge >= 0.3 is 6.09 Å². The van der Waals surface area contributed by atoms with Crippen LogP contribution in [0, 0.1) is 14.9 Å². The average Bonchev–Trinajstić information content (AvgIpc) is 2.25. The topological polar surface area (TPSA) is 62.1 Å². The van der Waals surface area contributed by atoms with Gasteiger partial charge in [0.2, 0.25) is 0 Å². The van der Waals surface area contributed by atoms with Crippen LogP contribution in [-0.4, -0.2) is 11.7 Å². The Labute approximate surface area is 120 Å². The highest BCUT2D eigenvalue weighted by Gasteiger charge is 2.15. The largest absolute Gasteiger partial charge is 0.444 e. The molecule has 0 spiro atoms. The van der Waals surface area contributed by atoms with Crippen LogP contribution in [0.25, 0.3) is 0 Å². The first-order valence-electron chi connectivity index (χ1n) is 5.47. The number of carbonyl (C=O) groups excluding carboxylic acids is 1. The Hall–Kier alpha value is -1.29. The molecule has 1 aromatic rings. The number of benzene rings is 1. The van der Waals surface area contributed by atoms with Crippen LogP contribution in [0.5, 0.6) is 0 Å². The van der Waals surface area contributed by atoms with Gasteiger partial charge in [-0.3, -0.25) is 0 Å². The number of nitrogens with one attached hydrogen (secondary N) is 1. The van der Waals surface area contributed by atoms with E-state index in [1.165, 1.54) is 0 Å². The van der Waals surface area contributed by atoms with Gasteiger partial charge in [-0.05, 0) is 61.1 Å². The van der Waals surface area contributed by atoms with Gasteiger partial charge in [0.05, 0.1) is 11.6 Å². The Morgan fingerprint density at radius 3 is 2.67 bits per heavy atom. The van der Waals surface area contributed by atoms with Crippen LogP contribution in [0.2, 0.25) is 0 Å². The summed E-state index contributed by atoms with van der Waals surface area (Å²) < 4.78 is 6.09. The zero-order chi connectivity index (χ0) is 13.8. The van der Waals surface area contributed by atoms with Gasteiger partial charge < -0.3 is 10.1 Å². The molecule has 0 radical (unpaired) electrons. The Balaban J connectivity index is 2.59. The molecule has 18 heavy (non-hydrogen) atoms. The van der Waals surface area contributed by atoms with Crippen molar-refractivity contribution in [2.45, 2.75) is 32.9 Å². The fourth-order valence-corrected chi connectivity index (χ4v) is 1.95. The summed E-state index contributed by atoms with van der Waals surface area (Å²) in [4.78, 5) is 11.5. The van der Waals surface area contributed by atoms with Crippen molar-refractivity contribution in [2.24, 2.45) is 0 Å². The maximum absolute atomic E-state index is 11.5. The molecule has 0 aliphatic carbocycles. The van der Waals surface area contributed by atoms with Crippen molar-refractivity contribution >= 4 is 28.7 Å². The van der Waals surface area contributed by atoms with E-state index in [9.17, 15) is 4.79 Å². The number of amides is 1. The lowest BCUT2D eigenvalue weighted by atomic mass is 10.1. The van der Waals surface area contributed by atoms with Gasteiger partial charge in [-0.1, -0.05) is 6.07 Å². The number of nitrogens with zero attached hydrogens (tertiary/aromatic N) is 1. The second kappa shape index (κ2) is 6.05. The van der Waals surface area contributed by atoms with Crippen LogP contribution in [-0.2, 0) is 11.3 Å². The minimum atomic E-state index is -0.498. The predicted octanol–water partition coefficient (Wildman–Crippen LogP) is 3.19. The molecular formula is C13H15IN2O2. The number of carbonyl (C=O) groups is 1. The highest BCUT2D eigenvalue weighted by atomic mass is 127. The van der Waals surface area contributed by atoms with E-state index in [0.29, 0.717) is 12.1 Å². The van der Waals surface area contributed by atoms with Crippen LogP contribution >= 0.6 is 22.6 Å². The summed E-state index contributed by atoms with van der Waals surface area (Å²) in [6, 6.07) is 7.42. The molecule has 1 aromatic carbocycles. The summed E-state index contributed by atoms with van der Waals surface area (Å²) in [6.07, 6.45) is -0.442. The molecule has 0 saturated carbocycles. The summed E-state index contributed by atoms with van der Waals surface area (Å²) in [5.74, 6) is 0. The van der Waals surface area contributed by atoms with E-state index in [-0.39, 0.29) is 0 Å². The smallest absolute Gasteiger partial charge is 0.407 e. The maximum Gasteiger partial charge on any atom is 0.407 e. The van der Waals surface area contributed by atoms with Crippen LogP contribution < -0.4 is 5.32 Å². The number of hydrogen-bond donors (Lipinski definition) is 1. The summed E-state index contributed by atoms with van der Waals surface area (Å²) in [5.41, 5.74) is 1.07. The van der Waals surface area contributed by atoms with Gasteiger partial charge in [-0.15, -0.1) is 0 Å². The zero-order valence-corrected chi connectivity index (χ0v) is 12.7. The molecular weight excluding hydrogens is 343 g/mol. The Morgan fingerprint density at radius 1 is 1.50 bits per heavy atom. The molecule has 1 N–H and O–H groups in total. The molecule has 0 aromatic heterocycles. The molecule has 1 rings (SSSR count). The predicted molar refractivity (Wildman–Crippen MR) is 76.9 cm³/mol. The Kier molecular flexibility index (Phi) is 4.96. The van der Waals surface area contributed by atoms with Crippen LogP contribution in [0.4, 0.5) is 4.79 Å². The van der Waals surface area contributed by atoms with E-state index in [1.54, 1.807) is 12.1 Å². The van der Waals surface area contributed by atoms with Crippen molar-refractivity contribution in [2.75, 3.05) is 0 Å². The van der Waals surface area contributed by atoms with Crippen molar-refractivity contribution in [3.05, 3.63) is 32.9 Å². The molecule has 0 heterocycles. The van der Waals surface area contributed by atoms with Crippen molar-refractivity contribution in [3.63, 3.8) is 0 Å². The number of nitriles is 1. The standard InChI is InChI=1S/C13H15IN2O2/c1-13(2,3)18-12(17)16-8-10-5-4-9(7-15)6-11(10)14/h4-6H,8H2,1-3H3,(H,16,17). The van der Waals surface area contributed by atoms with Crippen molar-refractivity contribution in [1.82, 2.24) is 5.32 Å². The second-order valence-corrected chi connectivity index (χ2v) is 5.94. The molecule has 0 aliphatic rings. The quantitative estimate of drug-likeness (QED) is 0.826. The van der Waals surface area contributed by atoms with Gasteiger partial charge in [0, 0.05) is 10.1 Å². The highest BCUT2D eigenvalue weighted by molar-refractivity contribution is 14.1. The molecule has 96 valence electrons. The third-order valence-corrected chi connectivity index (χ3v) is 3.01. The minimum Gasteiger partial charge on any atom is -0.444 e. The SMILES string of the molecule is CC(C)(C)OC(=O)NCc1ccc(C#N)cc1I. The molecule has 0 saturated heterocycles. The molecule has 0 aliphatic heterocycles. The number of ether oxygens (including phenoxy) is 1. The molecule has 1 amide bonds. The first-order valence-corrected chi connectivity index (χ1v) is 6.55. The average molecular weight is 358 g/mol. The number of rotatable bonds is 2. The summed E-state index contributed by atoms with van der Waals surface area (Å²) in [5, 5.41) is 11.4. The van der Waals surface area contributed by atoms with E-state index < -0.39 is 11.7 Å². The number of alkyl carbamates (subject to hydrolysis) is 1. The summed E-state index contributed by atoms with van der Waals surface area (Å²) in [7, 11) is 0. The van der Waals surface area contributed by atoms with E-state index in [2.05, 4.69) is 34.0 Å². The van der Waals surface area contributed by atoms with E-state index in [1.807, 2.05) is 26.8 Å². The third-order valence-electron chi connectivity index (χ3n) is 2.00. The van der Waals surface area contributed by atoms with Crippen molar-refractivity contribution in [3.8, 4) is 6.07 Å². The third kappa shape index (κ3) is 4.92. The first kappa shape index (κ1) is 14.8. The normalized spacial score (nSPS) is 10.6. The molecule has 4 nitrogen and oxygen atoms in total. The van der Waals surface area contributed by atoms with Gasteiger partial charge in [0.1, 0.15) is 5.60 Å². The van der Waals surface area contributed by atoms with E-state index >= 15 is 0 Å². The first-order chi connectivity index (χ1) is 8.31. The highest BCUT2D eigenvalue weighted by Crippen LogP contribution is 2.14. The fraction of sp³-hybridized carbons (Fsp3) is 0.385. The van der Waals surface area contributed by atoms with Gasteiger partial charge in [0.15, 0.2) is 0 Å². The lowest BCUT2D eigenvalue weighted by molar-refractivity contribution is 0.0523. The fourth-order valence-electron chi connectivity index (χ4n) is 1.24. The molecule has 0 fully saturated rings. The lowest BCUT2D eigenvalue weighted by Crippen LogP contribution is -2.32. The molecule has 0 bridgehead atoms. The molecule has 0 unspecified atom stereocenters. The van der Waals surface area contributed by atoms with Gasteiger partial charge in [0.25, 0.3) is 0 Å². The number of hydrogen-bond acceptors (Lipinski definition) is 3. The number of halogens is 1. The van der Waals surface area contributed by atoms with Crippen molar-refractivity contribution in [1.29, 1.82) is 5.26 Å². The Morgan fingerprint density at radius 2 is 2.17 bits per heavy atom. The lowest BCUT2D eigenvalue weighted by Gasteiger charge is -2.19. The van der Waals surface area contributed by atoms with E-state index in [4.69, 9.17) is 10.00 Å². The van der Waals surface area contributed by atoms with E-state index in [0.717, 1.165) is 9.13 Å². The van der Waals surface area contributed by atoms with Crippen molar-refractivity contribution < 1.29 is 9.53 Å². The zero-order valence-electron chi connectivity index (χ0n) is 10.6. The van der Waals surface area contributed by atoms with Crippen LogP contribution in [0.3, 0.4) is 0 Å². The van der Waals surface area contributed by atoms with Gasteiger partial charge in [-0.2, -0.15) is 5.26 Å². The van der Waals surface area contributed by atoms with Crippen LogP contribution in [0.15, 0.2) is 18.2 Å². The Bertz CT molecular complexity index is 487. The summed E-state index contributed by atoms with van der Waals surface area (Å²) >= 11 is 2.14.